The molecule has 0 aromatic carbocycles. The van der Waals surface area contributed by atoms with Gasteiger partial charge in [0.25, 0.3) is 0 Å². The lowest BCUT2D eigenvalue weighted by atomic mass is 10.0. The number of carbonyl (C=O) groups excluding carboxylic acids is 1. The molecule has 0 heterocycles. The smallest absolute Gasteiger partial charge is 0.220 e. The molecular weight excluding hydrogens is 823 g/mol. The fraction of sp³-hybridized carbons (Fsp3) is 0.887. The molecule has 396 valence electrons. The number of hydrogen-bond donors (Lipinski definition) is 4. The number of rotatable bonds is 56. The standard InChI is InChI=1S/C62H119NO4/c1-3-5-7-9-11-13-15-17-19-20-21-22-23-24-25-26-27-28-29-30-31-32-33-34-35-36-37-38-39-40-41-42-43-45-47-49-51-53-55-57-61(66)63-59(58-64)62(67)60(65)56-54-52-50-48-46-44-18-16-14-12-10-8-6-4-2/h16,18,30-31,48,50,59-60,62,64-65,67H,3-15,17,19-29,32-47,49,51-58H2,1-2H3,(H,63,66)/b18-16+,31-30-,50-48+. The lowest BCUT2D eigenvalue weighted by Gasteiger charge is -2.26. The normalized spacial score (nSPS) is 13.4. The molecule has 0 rings (SSSR count). The van der Waals surface area contributed by atoms with Crippen LogP contribution in [-0.2, 0) is 4.79 Å². The quantitative estimate of drug-likeness (QED) is 0.0361. The molecule has 0 aromatic rings. The van der Waals surface area contributed by atoms with Gasteiger partial charge in [-0.15, -0.1) is 0 Å². The minimum Gasteiger partial charge on any atom is -0.394 e. The molecule has 0 aromatic heterocycles. The van der Waals surface area contributed by atoms with Crippen molar-refractivity contribution in [1.29, 1.82) is 0 Å². The first kappa shape index (κ1) is 65.6. The average Bonchev–Trinajstić information content (AvgIpc) is 3.33. The van der Waals surface area contributed by atoms with Crippen LogP contribution in [0.3, 0.4) is 0 Å². The second-order valence-corrected chi connectivity index (χ2v) is 20.9. The van der Waals surface area contributed by atoms with Gasteiger partial charge in [-0.25, -0.2) is 0 Å². The van der Waals surface area contributed by atoms with Crippen LogP contribution in [0.25, 0.3) is 0 Å². The van der Waals surface area contributed by atoms with Crippen LogP contribution in [0.4, 0.5) is 0 Å². The van der Waals surface area contributed by atoms with E-state index in [9.17, 15) is 20.1 Å². The van der Waals surface area contributed by atoms with Gasteiger partial charge in [-0.3, -0.25) is 4.79 Å². The number of aliphatic hydroxyl groups excluding tert-OH is 3. The first-order chi connectivity index (χ1) is 33.1. The molecule has 0 fully saturated rings. The molecule has 3 atom stereocenters. The largest absolute Gasteiger partial charge is 0.394 e. The third kappa shape index (κ3) is 52.2. The summed E-state index contributed by atoms with van der Waals surface area (Å²) in [5, 5.41) is 33.6. The summed E-state index contributed by atoms with van der Waals surface area (Å²) in [6.45, 7) is 4.17. The predicted molar refractivity (Wildman–Crippen MR) is 296 cm³/mol. The van der Waals surface area contributed by atoms with E-state index in [4.69, 9.17) is 0 Å². The zero-order valence-corrected chi connectivity index (χ0v) is 45.3. The summed E-state index contributed by atoms with van der Waals surface area (Å²) in [6, 6.07) is -0.831. The number of carbonyl (C=O) groups is 1. The first-order valence-electron chi connectivity index (χ1n) is 30.3. The van der Waals surface area contributed by atoms with Crippen molar-refractivity contribution in [3.05, 3.63) is 36.5 Å². The highest BCUT2D eigenvalue weighted by Crippen LogP contribution is 2.18. The molecule has 1 amide bonds. The van der Waals surface area contributed by atoms with Gasteiger partial charge in [0.05, 0.1) is 18.8 Å². The van der Waals surface area contributed by atoms with E-state index >= 15 is 0 Å². The van der Waals surface area contributed by atoms with Gasteiger partial charge < -0.3 is 20.6 Å². The topological polar surface area (TPSA) is 89.8 Å². The van der Waals surface area contributed by atoms with Gasteiger partial charge in [0, 0.05) is 6.42 Å². The molecular formula is C62H119NO4. The van der Waals surface area contributed by atoms with Crippen molar-refractivity contribution in [1.82, 2.24) is 5.32 Å². The summed E-state index contributed by atoms with van der Waals surface area (Å²) >= 11 is 0. The molecule has 0 radical (unpaired) electrons. The zero-order chi connectivity index (χ0) is 48.6. The summed E-state index contributed by atoms with van der Waals surface area (Å²) in [7, 11) is 0. The molecule has 0 saturated carbocycles. The molecule has 0 aliphatic carbocycles. The highest BCUT2D eigenvalue weighted by Gasteiger charge is 2.26. The number of nitrogens with one attached hydrogen (secondary N) is 1. The van der Waals surface area contributed by atoms with Crippen LogP contribution in [-0.4, -0.2) is 46.1 Å². The summed E-state index contributed by atoms with van der Waals surface area (Å²) in [4.78, 5) is 12.5. The predicted octanol–water partition coefficient (Wildman–Crippen LogP) is 19.0. The van der Waals surface area contributed by atoms with Gasteiger partial charge in [-0.1, -0.05) is 281 Å². The van der Waals surface area contributed by atoms with Gasteiger partial charge in [-0.2, -0.15) is 0 Å². The fourth-order valence-electron chi connectivity index (χ4n) is 9.53. The number of amides is 1. The van der Waals surface area contributed by atoms with Crippen LogP contribution in [0.15, 0.2) is 36.5 Å². The van der Waals surface area contributed by atoms with Crippen molar-refractivity contribution in [3.8, 4) is 0 Å². The van der Waals surface area contributed by atoms with Crippen LogP contribution in [0, 0.1) is 0 Å². The van der Waals surface area contributed by atoms with Gasteiger partial charge in [0.2, 0.25) is 5.91 Å². The first-order valence-corrected chi connectivity index (χ1v) is 30.3. The van der Waals surface area contributed by atoms with Crippen LogP contribution in [0.5, 0.6) is 0 Å². The van der Waals surface area contributed by atoms with Crippen LogP contribution in [0.1, 0.15) is 328 Å². The monoisotopic (exact) mass is 942 g/mol. The molecule has 0 spiro atoms. The summed E-state index contributed by atoms with van der Waals surface area (Å²) in [5.41, 5.74) is 0. The van der Waals surface area contributed by atoms with E-state index in [1.54, 1.807) is 0 Å². The maximum Gasteiger partial charge on any atom is 0.220 e. The van der Waals surface area contributed by atoms with Crippen molar-refractivity contribution in [2.45, 2.75) is 347 Å². The summed E-state index contributed by atoms with van der Waals surface area (Å²) < 4.78 is 0. The Morgan fingerprint density at radius 1 is 0.358 bits per heavy atom. The maximum absolute atomic E-state index is 12.5. The van der Waals surface area contributed by atoms with Gasteiger partial charge in [0.15, 0.2) is 0 Å². The Balaban J connectivity index is 3.45. The lowest BCUT2D eigenvalue weighted by molar-refractivity contribution is -0.124. The Hall–Kier alpha value is -1.43. The van der Waals surface area contributed by atoms with Crippen LogP contribution in [0.2, 0.25) is 0 Å². The second kappa shape index (κ2) is 57.2. The van der Waals surface area contributed by atoms with Crippen molar-refractivity contribution >= 4 is 5.91 Å². The summed E-state index contributed by atoms with van der Waals surface area (Å²) in [5.74, 6) is -0.155. The number of unbranched alkanes of at least 4 members (excludes halogenated alkanes) is 42. The molecule has 67 heavy (non-hydrogen) atoms. The van der Waals surface area contributed by atoms with E-state index in [2.05, 4.69) is 55.6 Å². The molecule has 5 heteroatoms. The van der Waals surface area contributed by atoms with E-state index in [0.717, 1.165) is 44.9 Å². The number of hydrogen-bond acceptors (Lipinski definition) is 4. The molecule has 3 unspecified atom stereocenters. The fourth-order valence-corrected chi connectivity index (χ4v) is 9.53. The minimum atomic E-state index is -1.17. The third-order valence-electron chi connectivity index (χ3n) is 14.2. The maximum atomic E-state index is 12.5. The molecule has 0 aliphatic rings. The van der Waals surface area contributed by atoms with Crippen molar-refractivity contribution in [2.75, 3.05) is 6.61 Å². The van der Waals surface area contributed by atoms with E-state index in [1.165, 1.54) is 257 Å². The van der Waals surface area contributed by atoms with E-state index in [1.807, 2.05) is 0 Å². The molecule has 5 nitrogen and oxygen atoms in total. The van der Waals surface area contributed by atoms with E-state index in [0.29, 0.717) is 12.8 Å². The molecule has 4 N–H and O–H groups in total. The lowest BCUT2D eigenvalue weighted by Crippen LogP contribution is -2.50. The number of aliphatic hydroxyl groups is 3. The SMILES string of the molecule is CCCCCCC/C=C/CC/C=C/CCCC(O)C(O)C(CO)NC(=O)CCCCCCCCCCCCCCCCCCC/C=C\CCCCCCCCCCCCCCCCCCCC. The van der Waals surface area contributed by atoms with Crippen molar-refractivity contribution < 1.29 is 20.1 Å². The Kier molecular flexibility index (Phi) is 55.9. The van der Waals surface area contributed by atoms with E-state index < -0.39 is 18.2 Å². The van der Waals surface area contributed by atoms with E-state index in [-0.39, 0.29) is 12.5 Å². The molecule has 0 bridgehead atoms. The Labute approximate surface area is 419 Å². The highest BCUT2D eigenvalue weighted by atomic mass is 16.3. The Morgan fingerprint density at radius 2 is 0.612 bits per heavy atom. The van der Waals surface area contributed by atoms with Crippen LogP contribution < -0.4 is 5.32 Å². The Bertz CT molecular complexity index is 1040. The highest BCUT2D eigenvalue weighted by molar-refractivity contribution is 5.76. The van der Waals surface area contributed by atoms with Crippen molar-refractivity contribution in [2.24, 2.45) is 0 Å². The minimum absolute atomic E-state index is 0.155. The number of allylic oxidation sites excluding steroid dienone is 6. The van der Waals surface area contributed by atoms with Gasteiger partial charge in [-0.05, 0) is 77.0 Å². The molecule has 0 aliphatic heterocycles. The molecule has 0 saturated heterocycles. The summed E-state index contributed by atoms with van der Waals surface area (Å²) in [6.07, 6.45) is 74.9. The van der Waals surface area contributed by atoms with Crippen molar-refractivity contribution in [3.63, 3.8) is 0 Å². The second-order valence-electron chi connectivity index (χ2n) is 20.9. The van der Waals surface area contributed by atoms with Gasteiger partial charge in [0.1, 0.15) is 6.10 Å². The Morgan fingerprint density at radius 3 is 0.910 bits per heavy atom. The van der Waals surface area contributed by atoms with Crippen LogP contribution >= 0.6 is 0 Å². The zero-order valence-electron chi connectivity index (χ0n) is 45.3. The average molecular weight is 943 g/mol. The van der Waals surface area contributed by atoms with Gasteiger partial charge >= 0.3 is 0 Å². The third-order valence-corrected chi connectivity index (χ3v) is 14.2.